The number of aliphatic hydroxyl groups is 1. The van der Waals surface area contributed by atoms with Crippen LogP contribution in [-0.4, -0.2) is 56.9 Å². The van der Waals surface area contributed by atoms with E-state index in [0.29, 0.717) is 35.1 Å². The molecule has 3 aromatic rings. The van der Waals surface area contributed by atoms with Crippen molar-refractivity contribution in [1.29, 1.82) is 0 Å². The van der Waals surface area contributed by atoms with E-state index in [2.05, 4.69) is 10.3 Å². The largest absolute Gasteiger partial charge is 0.391 e. The number of imidazole rings is 1. The molecule has 8 nitrogen and oxygen atoms in total. The first-order valence-corrected chi connectivity index (χ1v) is 15.7. The van der Waals surface area contributed by atoms with Gasteiger partial charge in [0.05, 0.1) is 17.2 Å². The third kappa shape index (κ3) is 7.34. The normalized spacial score (nSPS) is 18.3. The summed E-state index contributed by atoms with van der Waals surface area (Å²) in [5, 5.41) is 17.1. The Bertz CT molecular complexity index is 1510. The van der Waals surface area contributed by atoms with Crippen LogP contribution in [0.25, 0.3) is 4.96 Å². The third-order valence-electron chi connectivity index (χ3n) is 7.84. The number of primary amides is 1. The number of allylic oxidation sites excluding steroid dienone is 2. The zero-order valence-corrected chi connectivity index (χ0v) is 26.2. The molecule has 2 aromatic heterocycles. The maximum Gasteiger partial charge on any atom is 0.249 e. The number of carbonyl (C=O) groups is 2. The molecular weight excluding hydrogens is 596 g/mol. The summed E-state index contributed by atoms with van der Waals surface area (Å²) in [6.45, 7) is 7.13. The Balaban J connectivity index is 1.68. The van der Waals surface area contributed by atoms with Crippen molar-refractivity contribution in [1.82, 2.24) is 19.6 Å². The SMILES string of the molecule is CCCN(CCC)C(=O)C1=CC(C)=CC(C(N)=O)([C@H](Cc2cc(F)cc(F)c2)[C@@H](O)CNCc2c(Cl)nc3sccn23)C1. The maximum absolute atomic E-state index is 14.2. The van der Waals surface area contributed by atoms with E-state index in [0.717, 1.165) is 23.9 Å². The number of aromatic nitrogens is 2. The number of thiazole rings is 1. The second-order valence-electron chi connectivity index (χ2n) is 11.1. The van der Waals surface area contributed by atoms with Gasteiger partial charge >= 0.3 is 0 Å². The summed E-state index contributed by atoms with van der Waals surface area (Å²) in [6.07, 6.45) is 5.49. The number of halogens is 3. The Labute approximate surface area is 259 Å². The fraction of sp³-hybridized carbons (Fsp3) is 0.452. The predicted octanol–water partition coefficient (Wildman–Crippen LogP) is 5.03. The zero-order chi connectivity index (χ0) is 31.3. The fourth-order valence-electron chi connectivity index (χ4n) is 6.00. The zero-order valence-electron chi connectivity index (χ0n) is 24.6. The molecule has 0 bridgehead atoms. The number of nitrogens with two attached hydrogens (primary N) is 1. The summed E-state index contributed by atoms with van der Waals surface area (Å²) in [6, 6.07) is 3.12. The Kier molecular flexibility index (Phi) is 10.8. The van der Waals surface area contributed by atoms with Gasteiger partial charge in [-0.1, -0.05) is 43.2 Å². The van der Waals surface area contributed by atoms with Crippen molar-refractivity contribution in [3.05, 3.63) is 81.1 Å². The summed E-state index contributed by atoms with van der Waals surface area (Å²) in [4.78, 5) is 33.9. The second-order valence-corrected chi connectivity index (χ2v) is 12.4. The van der Waals surface area contributed by atoms with E-state index in [-0.39, 0.29) is 37.4 Å². The Morgan fingerprint density at radius 2 is 1.91 bits per heavy atom. The van der Waals surface area contributed by atoms with E-state index in [9.17, 15) is 23.5 Å². The van der Waals surface area contributed by atoms with Crippen LogP contribution in [-0.2, 0) is 22.6 Å². The lowest BCUT2D eigenvalue weighted by molar-refractivity contribution is -0.132. The van der Waals surface area contributed by atoms with Crippen LogP contribution in [0.3, 0.4) is 0 Å². The number of amides is 2. The van der Waals surface area contributed by atoms with Gasteiger partial charge in [0, 0.05) is 55.3 Å². The van der Waals surface area contributed by atoms with Gasteiger partial charge in [0.25, 0.3) is 0 Å². The van der Waals surface area contributed by atoms with Crippen molar-refractivity contribution in [2.75, 3.05) is 19.6 Å². The molecule has 43 heavy (non-hydrogen) atoms. The number of nitrogens with zero attached hydrogens (tertiary/aromatic N) is 3. The van der Waals surface area contributed by atoms with Crippen LogP contribution in [0.2, 0.25) is 5.15 Å². The van der Waals surface area contributed by atoms with Gasteiger partial charge < -0.3 is 21.1 Å². The van der Waals surface area contributed by atoms with Crippen LogP contribution >= 0.6 is 22.9 Å². The molecule has 1 aliphatic rings. The lowest BCUT2D eigenvalue weighted by Gasteiger charge is -2.42. The van der Waals surface area contributed by atoms with Crippen LogP contribution in [0.5, 0.6) is 0 Å². The highest BCUT2D eigenvalue weighted by molar-refractivity contribution is 7.15. The topological polar surface area (TPSA) is 113 Å². The molecule has 0 saturated heterocycles. The van der Waals surface area contributed by atoms with Crippen LogP contribution in [0, 0.1) is 23.0 Å². The molecule has 1 unspecified atom stereocenters. The van der Waals surface area contributed by atoms with Crippen molar-refractivity contribution in [2.24, 2.45) is 17.1 Å². The standard InChI is InChI=1S/C31H38ClF2N5O3S/c1-4-6-38(7-5-2)28(41)21-10-19(3)15-31(16-21,29(35)42)24(13-20-11-22(33)14-23(34)12-20)26(40)18-36-17-25-27(32)37-30-39(25)8-9-43-30/h8-12,14-15,24,26,36,40H,4-7,13,16-18H2,1-3H3,(H2,35,42)/t24-,26+,31?/m1/s1. The number of carbonyl (C=O) groups excluding carboxylic acids is 2. The number of rotatable bonds is 14. The molecule has 1 aliphatic carbocycles. The van der Waals surface area contributed by atoms with Gasteiger partial charge in [-0.05, 0) is 50.3 Å². The van der Waals surface area contributed by atoms with E-state index < -0.39 is 35.0 Å². The van der Waals surface area contributed by atoms with Gasteiger partial charge in [0.2, 0.25) is 11.8 Å². The van der Waals surface area contributed by atoms with Gasteiger partial charge in [0.15, 0.2) is 10.1 Å². The molecule has 1 aromatic carbocycles. The molecule has 2 amide bonds. The molecule has 4 N–H and O–H groups in total. The van der Waals surface area contributed by atoms with Crippen molar-refractivity contribution in [3.8, 4) is 0 Å². The highest BCUT2D eigenvalue weighted by Gasteiger charge is 2.48. The van der Waals surface area contributed by atoms with Crippen LogP contribution < -0.4 is 11.1 Å². The number of fused-ring (bicyclic) bond motifs is 1. The first-order valence-electron chi connectivity index (χ1n) is 14.4. The lowest BCUT2D eigenvalue weighted by Crippen LogP contribution is -2.51. The summed E-state index contributed by atoms with van der Waals surface area (Å²) < 4.78 is 30.3. The van der Waals surface area contributed by atoms with E-state index in [1.807, 2.05) is 29.8 Å². The number of nitrogens with one attached hydrogen (secondary N) is 1. The van der Waals surface area contributed by atoms with E-state index in [4.69, 9.17) is 17.3 Å². The van der Waals surface area contributed by atoms with Gasteiger partial charge in [-0.3, -0.25) is 14.0 Å². The molecule has 232 valence electrons. The fourth-order valence-corrected chi connectivity index (χ4v) is 7.02. The maximum atomic E-state index is 14.2. The summed E-state index contributed by atoms with van der Waals surface area (Å²) in [5.74, 6) is -3.41. The van der Waals surface area contributed by atoms with Gasteiger partial charge in [0.1, 0.15) is 11.6 Å². The summed E-state index contributed by atoms with van der Waals surface area (Å²) >= 11 is 7.77. The van der Waals surface area contributed by atoms with Crippen molar-refractivity contribution in [3.63, 3.8) is 0 Å². The molecule has 0 spiro atoms. The molecule has 2 heterocycles. The minimum absolute atomic E-state index is 0.00285. The lowest BCUT2D eigenvalue weighted by atomic mass is 9.63. The highest BCUT2D eigenvalue weighted by Crippen LogP contribution is 2.44. The first kappa shape index (κ1) is 32.8. The van der Waals surface area contributed by atoms with Crippen molar-refractivity contribution >= 4 is 39.7 Å². The smallest absolute Gasteiger partial charge is 0.249 e. The molecule has 12 heteroatoms. The third-order valence-corrected chi connectivity index (χ3v) is 8.90. The summed E-state index contributed by atoms with van der Waals surface area (Å²) in [7, 11) is 0. The summed E-state index contributed by atoms with van der Waals surface area (Å²) in [5.41, 5.74) is 6.61. The number of hydrogen-bond acceptors (Lipinski definition) is 6. The average molecular weight is 634 g/mol. The monoisotopic (exact) mass is 633 g/mol. The van der Waals surface area contributed by atoms with Crippen molar-refractivity contribution in [2.45, 2.75) is 59.1 Å². The molecular formula is C31H38ClF2N5O3S. The minimum atomic E-state index is -1.51. The molecule has 4 rings (SSSR count). The first-order chi connectivity index (χ1) is 20.5. The molecule has 3 atom stereocenters. The quantitative estimate of drug-likeness (QED) is 0.230. The van der Waals surface area contributed by atoms with Crippen LogP contribution in [0.4, 0.5) is 8.78 Å². The van der Waals surface area contributed by atoms with Crippen LogP contribution in [0.15, 0.2) is 53.1 Å². The Hall–Kier alpha value is -3.12. The van der Waals surface area contributed by atoms with Gasteiger partial charge in [-0.2, -0.15) is 0 Å². The minimum Gasteiger partial charge on any atom is -0.391 e. The van der Waals surface area contributed by atoms with Crippen molar-refractivity contribution < 1.29 is 23.5 Å². The molecule has 0 saturated carbocycles. The number of benzene rings is 1. The Morgan fingerprint density at radius 1 is 1.23 bits per heavy atom. The number of aliphatic hydroxyl groups excluding tert-OH is 1. The molecule has 0 aliphatic heterocycles. The van der Waals surface area contributed by atoms with E-state index in [1.54, 1.807) is 24.0 Å². The Morgan fingerprint density at radius 3 is 2.53 bits per heavy atom. The van der Waals surface area contributed by atoms with E-state index in [1.165, 1.54) is 23.5 Å². The predicted molar refractivity (Wildman–Crippen MR) is 165 cm³/mol. The van der Waals surface area contributed by atoms with E-state index >= 15 is 0 Å². The molecule has 0 fully saturated rings. The van der Waals surface area contributed by atoms with Gasteiger partial charge in [-0.25, -0.2) is 13.8 Å². The number of hydrogen-bond donors (Lipinski definition) is 3. The second kappa shape index (κ2) is 14.1. The molecule has 0 radical (unpaired) electrons. The van der Waals surface area contributed by atoms with Gasteiger partial charge in [-0.15, -0.1) is 11.3 Å². The highest BCUT2D eigenvalue weighted by atomic mass is 35.5. The van der Waals surface area contributed by atoms with Crippen LogP contribution in [0.1, 0.15) is 51.3 Å². The average Bonchev–Trinajstić information content (AvgIpc) is 3.51.